The highest BCUT2D eigenvalue weighted by atomic mass is 35.5. The van der Waals surface area contributed by atoms with Crippen molar-refractivity contribution in [2.24, 2.45) is 0 Å². The van der Waals surface area contributed by atoms with Crippen LogP contribution in [0.3, 0.4) is 0 Å². The van der Waals surface area contributed by atoms with Crippen LogP contribution in [-0.4, -0.2) is 9.85 Å². The first-order valence-corrected chi connectivity index (χ1v) is 4.18. The molecule has 0 radical (unpaired) electrons. The van der Waals surface area contributed by atoms with E-state index in [1.807, 2.05) is 0 Å². The summed E-state index contributed by atoms with van der Waals surface area (Å²) in [5.74, 6) is 0. The normalized spacial score (nSPS) is 10.0. The molecule has 0 fully saturated rings. The highest BCUT2D eigenvalue weighted by molar-refractivity contribution is 6.40. The van der Waals surface area contributed by atoms with Gasteiger partial charge in [-0.3, -0.25) is 20.2 Å². The second kappa shape index (κ2) is 3.87. The lowest BCUT2D eigenvalue weighted by Crippen LogP contribution is -2.00. The van der Waals surface area contributed by atoms with E-state index in [-0.39, 0.29) is 10.7 Å². The predicted octanol–water partition coefficient (Wildman–Crippen LogP) is 2.39. The van der Waals surface area contributed by atoms with Crippen molar-refractivity contribution in [3.63, 3.8) is 0 Å². The average Bonchev–Trinajstić information content (AvgIpc) is 2.12. The molecule has 0 saturated heterocycles. The van der Waals surface area contributed by atoms with Crippen LogP contribution in [0.15, 0.2) is 6.07 Å². The Morgan fingerprint density at radius 2 is 1.73 bits per heavy atom. The molecule has 0 aliphatic rings. The molecule has 1 aromatic carbocycles. The van der Waals surface area contributed by atoms with E-state index in [0.29, 0.717) is 0 Å². The molecular weight excluding hydrogens is 249 g/mol. The number of nitrogens with zero attached hydrogens (tertiary/aromatic N) is 2. The summed E-state index contributed by atoms with van der Waals surface area (Å²) in [5.41, 5.74) is 3.40. The molecule has 1 rings (SSSR count). The molecule has 0 amide bonds. The third kappa shape index (κ3) is 1.92. The van der Waals surface area contributed by atoms with Gasteiger partial charge in [0, 0.05) is 6.07 Å². The molecule has 0 bridgehead atoms. The van der Waals surface area contributed by atoms with Crippen molar-refractivity contribution in [3.8, 4) is 0 Å². The Balaban J connectivity index is 3.65. The fourth-order valence-corrected chi connectivity index (χ4v) is 1.44. The van der Waals surface area contributed by atoms with Crippen LogP contribution in [0, 0.1) is 20.2 Å². The van der Waals surface area contributed by atoms with Crippen molar-refractivity contribution < 1.29 is 9.85 Å². The molecule has 0 spiro atoms. The molecule has 0 aromatic heterocycles. The Morgan fingerprint density at radius 1 is 1.20 bits per heavy atom. The van der Waals surface area contributed by atoms with Gasteiger partial charge in [0.1, 0.15) is 0 Å². The van der Waals surface area contributed by atoms with Crippen LogP contribution in [0.5, 0.6) is 0 Å². The van der Waals surface area contributed by atoms with Crippen LogP contribution in [0.25, 0.3) is 0 Å². The van der Waals surface area contributed by atoms with Gasteiger partial charge in [0.15, 0.2) is 5.02 Å². The number of nitrogen functional groups attached to an aromatic ring is 1. The number of hydrogen-bond donors (Lipinski definition) is 1. The molecule has 2 N–H and O–H groups in total. The molecule has 0 saturated carbocycles. The second-order valence-corrected chi connectivity index (χ2v) is 3.25. The molecule has 0 unspecified atom stereocenters. The maximum atomic E-state index is 10.5. The van der Waals surface area contributed by atoms with Gasteiger partial charge >= 0.3 is 11.4 Å². The Bertz CT molecular complexity index is 462. The summed E-state index contributed by atoms with van der Waals surface area (Å²) in [6, 6.07) is 0.793. The third-order valence-corrected chi connectivity index (χ3v) is 2.28. The summed E-state index contributed by atoms with van der Waals surface area (Å²) in [7, 11) is 0. The van der Waals surface area contributed by atoms with Crippen LogP contribution < -0.4 is 5.73 Å². The maximum Gasteiger partial charge on any atom is 0.366 e. The van der Waals surface area contributed by atoms with E-state index in [9.17, 15) is 20.2 Å². The first-order valence-electron chi connectivity index (χ1n) is 3.42. The Labute approximate surface area is 92.7 Å². The van der Waals surface area contributed by atoms with Gasteiger partial charge in [0.05, 0.1) is 20.6 Å². The third-order valence-electron chi connectivity index (χ3n) is 1.59. The number of rotatable bonds is 2. The van der Waals surface area contributed by atoms with Crippen molar-refractivity contribution in [1.82, 2.24) is 0 Å². The smallest absolute Gasteiger partial charge is 0.366 e. The molecule has 0 aliphatic heterocycles. The molecule has 0 heterocycles. The average molecular weight is 252 g/mol. The number of nitro groups is 2. The molecule has 0 aliphatic carbocycles. The van der Waals surface area contributed by atoms with Gasteiger partial charge in [-0.2, -0.15) is 0 Å². The lowest BCUT2D eigenvalue weighted by Gasteiger charge is -2.02. The topological polar surface area (TPSA) is 112 Å². The second-order valence-electron chi connectivity index (χ2n) is 2.47. The number of anilines is 1. The summed E-state index contributed by atoms with van der Waals surface area (Å²) >= 11 is 11.0. The Kier molecular flexibility index (Phi) is 2.96. The molecule has 80 valence electrons. The molecule has 1 aromatic rings. The minimum absolute atomic E-state index is 0.197. The largest absolute Gasteiger partial charge is 0.396 e. The zero-order valence-electron chi connectivity index (χ0n) is 6.94. The van der Waals surface area contributed by atoms with Crippen molar-refractivity contribution in [3.05, 3.63) is 36.3 Å². The molecule has 15 heavy (non-hydrogen) atoms. The standard InChI is InChI=1S/C6H3Cl2N3O4/c7-2-1-3(10(12)13)6(11(14)15)4(8)5(2)9/h1H,9H2. The van der Waals surface area contributed by atoms with Gasteiger partial charge in [-0.05, 0) is 0 Å². The Morgan fingerprint density at radius 3 is 2.13 bits per heavy atom. The molecular formula is C6H3Cl2N3O4. The van der Waals surface area contributed by atoms with E-state index in [4.69, 9.17) is 28.9 Å². The molecule has 7 nitrogen and oxygen atoms in total. The van der Waals surface area contributed by atoms with Gasteiger partial charge in [-0.25, -0.2) is 0 Å². The summed E-state index contributed by atoms with van der Waals surface area (Å²) in [4.78, 5) is 19.1. The number of nitrogens with two attached hydrogens (primary N) is 1. The highest BCUT2D eigenvalue weighted by Gasteiger charge is 2.31. The van der Waals surface area contributed by atoms with Crippen molar-refractivity contribution >= 4 is 40.3 Å². The fourth-order valence-electron chi connectivity index (χ4n) is 0.924. The first-order chi connectivity index (χ1) is 6.86. The zero-order chi connectivity index (χ0) is 11.7. The summed E-state index contributed by atoms with van der Waals surface area (Å²) in [5, 5.41) is 20.3. The van der Waals surface area contributed by atoms with E-state index < -0.39 is 26.2 Å². The van der Waals surface area contributed by atoms with E-state index >= 15 is 0 Å². The van der Waals surface area contributed by atoms with E-state index in [1.165, 1.54) is 0 Å². The van der Waals surface area contributed by atoms with Crippen LogP contribution in [0.4, 0.5) is 17.1 Å². The van der Waals surface area contributed by atoms with E-state index in [2.05, 4.69) is 0 Å². The van der Waals surface area contributed by atoms with E-state index in [1.54, 1.807) is 0 Å². The fraction of sp³-hybridized carbons (Fsp3) is 0. The van der Waals surface area contributed by atoms with Crippen LogP contribution in [0.2, 0.25) is 10.0 Å². The van der Waals surface area contributed by atoms with Crippen molar-refractivity contribution in [2.45, 2.75) is 0 Å². The monoisotopic (exact) mass is 251 g/mol. The van der Waals surface area contributed by atoms with Gasteiger partial charge < -0.3 is 5.73 Å². The minimum Gasteiger partial charge on any atom is -0.396 e. The number of halogens is 2. The summed E-state index contributed by atoms with van der Waals surface area (Å²) < 4.78 is 0. The van der Waals surface area contributed by atoms with Crippen molar-refractivity contribution in [1.29, 1.82) is 0 Å². The zero-order valence-corrected chi connectivity index (χ0v) is 8.45. The SMILES string of the molecule is Nc1c(Cl)cc([N+](=O)[O-])c([N+](=O)[O-])c1Cl. The summed E-state index contributed by atoms with van der Waals surface area (Å²) in [6.45, 7) is 0. The van der Waals surface area contributed by atoms with Crippen molar-refractivity contribution in [2.75, 3.05) is 5.73 Å². The van der Waals surface area contributed by atoms with E-state index in [0.717, 1.165) is 6.07 Å². The van der Waals surface area contributed by atoms with Gasteiger partial charge in [-0.1, -0.05) is 23.2 Å². The minimum atomic E-state index is -0.979. The van der Waals surface area contributed by atoms with Crippen LogP contribution in [0.1, 0.15) is 0 Å². The molecule has 9 heteroatoms. The number of benzene rings is 1. The quantitative estimate of drug-likeness (QED) is 0.493. The van der Waals surface area contributed by atoms with Gasteiger partial charge in [-0.15, -0.1) is 0 Å². The van der Waals surface area contributed by atoms with Crippen LogP contribution in [-0.2, 0) is 0 Å². The molecule has 0 atom stereocenters. The lowest BCUT2D eigenvalue weighted by molar-refractivity contribution is -0.422. The highest BCUT2D eigenvalue weighted by Crippen LogP contribution is 2.42. The lowest BCUT2D eigenvalue weighted by atomic mass is 10.2. The summed E-state index contributed by atoms with van der Waals surface area (Å²) in [6.07, 6.45) is 0. The maximum absolute atomic E-state index is 10.5. The van der Waals surface area contributed by atoms with Crippen LogP contribution >= 0.6 is 23.2 Å². The van der Waals surface area contributed by atoms with Gasteiger partial charge in [0.25, 0.3) is 0 Å². The van der Waals surface area contributed by atoms with Gasteiger partial charge in [0.2, 0.25) is 0 Å². The predicted molar refractivity (Wildman–Crippen MR) is 54.2 cm³/mol. The first kappa shape index (κ1) is 11.5. The number of nitro benzene ring substituents is 2. The number of hydrogen-bond acceptors (Lipinski definition) is 5. The Hall–Kier alpha value is -1.60.